The highest BCUT2D eigenvalue weighted by molar-refractivity contribution is 5.92. The number of carbonyl (C=O) groups is 1. The van der Waals surface area contributed by atoms with E-state index in [9.17, 15) is 4.79 Å². The van der Waals surface area contributed by atoms with Crippen molar-refractivity contribution in [3.05, 3.63) is 53.6 Å². The first-order valence-corrected chi connectivity index (χ1v) is 8.44. The Morgan fingerprint density at radius 1 is 1.19 bits per heavy atom. The molecule has 0 aliphatic heterocycles. The van der Waals surface area contributed by atoms with E-state index in [1.165, 1.54) is 0 Å². The van der Waals surface area contributed by atoms with Crippen molar-refractivity contribution >= 4 is 24.0 Å². The second-order valence-electron chi connectivity index (χ2n) is 6.01. The molecule has 0 aliphatic rings. The number of nitrogens with two attached hydrogens (primary N) is 1. The molecule has 0 spiro atoms. The summed E-state index contributed by atoms with van der Waals surface area (Å²) in [7, 11) is 1.58. The number of methoxy groups -OCH3 is 1. The zero-order chi connectivity index (χ0) is 18.2. The van der Waals surface area contributed by atoms with Gasteiger partial charge >= 0.3 is 0 Å². The molecule has 0 bridgehead atoms. The third kappa shape index (κ3) is 6.24. The molecule has 6 heteroatoms. The molecule has 0 heterocycles. The Hall–Kier alpha value is -2.24. The Balaban J connectivity index is 0.00000338. The summed E-state index contributed by atoms with van der Waals surface area (Å²) in [4.78, 5) is 12.1. The van der Waals surface area contributed by atoms with Crippen LogP contribution in [0.4, 0.5) is 5.69 Å². The minimum absolute atomic E-state index is 0. The predicted molar refractivity (Wildman–Crippen MR) is 108 cm³/mol. The van der Waals surface area contributed by atoms with Gasteiger partial charge in [0.25, 0.3) is 5.91 Å². The molecule has 1 atom stereocenters. The summed E-state index contributed by atoms with van der Waals surface area (Å²) in [6, 6.07) is 13.4. The Labute approximate surface area is 161 Å². The molecular weight excluding hydrogens is 352 g/mol. The van der Waals surface area contributed by atoms with Crippen molar-refractivity contribution in [3.8, 4) is 11.5 Å². The van der Waals surface area contributed by atoms with Crippen LogP contribution in [-0.4, -0.2) is 25.7 Å². The number of anilines is 1. The van der Waals surface area contributed by atoms with E-state index in [2.05, 4.69) is 12.2 Å². The normalized spacial score (nSPS) is 11.2. The van der Waals surface area contributed by atoms with Crippen LogP contribution in [0, 0.1) is 6.92 Å². The van der Waals surface area contributed by atoms with Crippen molar-refractivity contribution in [3.63, 3.8) is 0 Å². The number of benzene rings is 2. The highest BCUT2D eigenvalue weighted by atomic mass is 35.5. The van der Waals surface area contributed by atoms with E-state index in [0.29, 0.717) is 11.5 Å². The van der Waals surface area contributed by atoms with Gasteiger partial charge in [-0.1, -0.05) is 31.2 Å². The fourth-order valence-electron chi connectivity index (χ4n) is 2.45. The van der Waals surface area contributed by atoms with Crippen molar-refractivity contribution in [1.29, 1.82) is 0 Å². The van der Waals surface area contributed by atoms with E-state index in [-0.39, 0.29) is 31.0 Å². The first kappa shape index (κ1) is 21.8. The molecule has 0 aromatic heterocycles. The number of halogens is 1. The fourth-order valence-corrected chi connectivity index (χ4v) is 2.45. The van der Waals surface area contributed by atoms with Crippen molar-refractivity contribution < 1.29 is 14.3 Å². The topological polar surface area (TPSA) is 73.6 Å². The van der Waals surface area contributed by atoms with Gasteiger partial charge in [0.1, 0.15) is 0 Å². The van der Waals surface area contributed by atoms with Crippen LogP contribution in [-0.2, 0) is 11.2 Å². The molecule has 0 saturated heterocycles. The van der Waals surface area contributed by atoms with Crippen LogP contribution in [0.25, 0.3) is 0 Å². The minimum Gasteiger partial charge on any atom is -0.493 e. The van der Waals surface area contributed by atoms with Gasteiger partial charge < -0.3 is 20.5 Å². The van der Waals surface area contributed by atoms with Crippen molar-refractivity contribution in [2.75, 3.05) is 19.0 Å². The van der Waals surface area contributed by atoms with Crippen LogP contribution in [0.1, 0.15) is 24.5 Å². The van der Waals surface area contributed by atoms with Gasteiger partial charge in [0, 0.05) is 11.7 Å². The minimum atomic E-state index is -0.214. The van der Waals surface area contributed by atoms with Gasteiger partial charge in [0.2, 0.25) is 0 Å². The lowest BCUT2D eigenvalue weighted by Crippen LogP contribution is -2.22. The average molecular weight is 379 g/mol. The van der Waals surface area contributed by atoms with Crippen LogP contribution >= 0.6 is 12.4 Å². The lowest BCUT2D eigenvalue weighted by atomic mass is 10.0. The van der Waals surface area contributed by atoms with Crippen molar-refractivity contribution in [2.24, 2.45) is 5.73 Å². The van der Waals surface area contributed by atoms with Gasteiger partial charge in [-0.25, -0.2) is 0 Å². The monoisotopic (exact) mass is 378 g/mol. The van der Waals surface area contributed by atoms with Gasteiger partial charge in [-0.15, -0.1) is 12.4 Å². The second kappa shape index (κ2) is 10.7. The largest absolute Gasteiger partial charge is 0.493 e. The molecular formula is C20H27ClN2O3. The number of ether oxygens (including phenoxy) is 2. The van der Waals surface area contributed by atoms with Crippen molar-refractivity contribution in [1.82, 2.24) is 0 Å². The molecule has 1 unspecified atom stereocenters. The summed E-state index contributed by atoms with van der Waals surface area (Å²) < 4.78 is 11.0. The first-order chi connectivity index (χ1) is 12.0. The maximum absolute atomic E-state index is 12.1. The molecule has 1 amide bonds. The summed E-state index contributed by atoms with van der Waals surface area (Å²) in [6.07, 6.45) is 1.69. The molecule has 2 aromatic rings. The van der Waals surface area contributed by atoms with E-state index in [4.69, 9.17) is 15.2 Å². The quantitative estimate of drug-likeness (QED) is 0.734. The van der Waals surface area contributed by atoms with Crippen LogP contribution < -0.4 is 20.5 Å². The highest BCUT2D eigenvalue weighted by Gasteiger charge is 2.11. The summed E-state index contributed by atoms with van der Waals surface area (Å²) in [5.74, 6) is 0.925. The molecule has 0 fully saturated rings. The van der Waals surface area contributed by atoms with E-state index >= 15 is 0 Å². The number of nitrogens with one attached hydrogen (secondary N) is 1. The van der Waals surface area contributed by atoms with E-state index in [1.807, 2.05) is 49.4 Å². The first-order valence-electron chi connectivity index (χ1n) is 8.44. The summed E-state index contributed by atoms with van der Waals surface area (Å²) in [5.41, 5.74) is 8.87. The number of carbonyl (C=O) groups excluding carboxylic acids is 1. The smallest absolute Gasteiger partial charge is 0.262 e. The van der Waals surface area contributed by atoms with Gasteiger partial charge in [-0.05, 0) is 49.1 Å². The molecule has 0 saturated carbocycles. The number of amides is 1. The number of hydrogen-bond acceptors (Lipinski definition) is 4. The van der Waals surface area contributed by atoms with Crippen LogP contribution in [0.3, 0.4) is 0 Å². The molecule has 5 nitrogen and oxygen atoms in total. The van der Waals surface area contributed by atoms with Gasteiger partial charge in [-0.3, -0.25) is 4.79 Å². The van der Waals surface area contributed by atoms with Gasteiger partial charge in [-0.2, -0.15) is 0 Å². The van der Waals surface area contributed by atoms with E-state index in [1.54, 1.807) is 7.11 Å². The lowest BCUT2D eigenvalue weighted by molar-refractivity contribution is -0.118. The Morgan fingerprint density at radius 3 is 2.58 bits per heavy atom. The molecule has 0 radical (unpaired) electrons. The maximum Gasteiger partial charge on any atom is 0.262 e. The number of hydrogen-bond donors (Lipinski definition) is 2. The Bertz CT molecular complexity index is 722. The number of aryl methyl sites for hydroxylation is 1. The third-order valence-corrected chi connectivity index (χ3v) is 4.03. The van der Waals surface area contributed by atoms with Crippen molar-refractivity contribution in [2.45, 2.75) is 32.7 Å². The maximum atomic E-state index is 12.1. The Kier molecular flexibility index (Phi) is 8.96. The SMILES string of the molecule is CCC(N)Cc1ccc(OCC(=O)Nc2ccccc2C)c(OC)c1.Cl. The average Bonchev–Trinajstić information content (AvgIpc) is 2.62. The van der Waals surface area contributed by atoms with Gasteiger partial charge in [0.05, 0.1) is 7.11 Å². The van der Waals surface area contributed by atoms with E-state index < -0.39 is 0 Å². The molecule has 26 heavy (non-hydrogen) atoms. The molecule has 3 N–H and O–H groups in total. The van der Waals surface area contributed by atoms with Crippen LogP contribution in [0.2, 0.25) is 0 Å². The lowest BCUT2D eigenvalue weighted by Gasteiger charge is -2.14. The summed E-state index contributed by atoms with van der Waals surface area (Å²) in [6.45, 7) is 3.92. The van der Waals surface area contributed by atoms with Crippen LogP contribution in [0.5, 0.6) is 11.5 Å². The molecule has 0 aliphatic carbocycles. The zero-order valence-electron chi connectivity index (χ0n) is 15.5. The van der Waals surface area contributed by atoms with E-state index in [0.717, 1.165) is 29.7 Å². The Morgan fingerprint density at radius 2 is 1.92 bits per heavy atom. The zero-order valence-corrected chi connectivity index (χ0v) is 16.3. The predicted octanol–water partition coefficient (Wildman–Crippen LogP) is 3.72. The standard InChI is InChI=1S/C20H26N2O3.ClH/c1-4-16(21)11-15-9-10-18(19(12-15)24-3)25-13-20(23)22-17-8-6-5-7-14(17)2;/h5-10,12,16H,4,11,13,21H2,1-3H3,(H,22,23);1H. The summed E-state index contributed by atoms with van der Waals surface area (Å²) >= 11 is 0. The fraction of sp³-hybridized carbons (Fsp3) is 0.350. The number of para-hydroxylation sites is 1. The molecule has 2 rings (SSSR count). The summed E-state index contributed by atoms with van der Waals surface area (Å²) in [5, 5.41) is 2.84. The molecule has 142 valence electrons. The second-order valence-corrected chi connectivity index (χ2v) is 6.01. The molecule has 2 aromatic carbocycles. The van der Waals surface area contributed by atoms with Gasteiger partial charge in [0.15, 0.2) is 18.1 Å². The van der Waals surface area contributed by atoms with Crippen LogP contribution in [0.15, 0.2) is 42.5 Å². The number of rotatable bonds is 8. The highest BCUT2D eigenvalue weighted by Crippen LogP contribution is 2.28. The third-order valence-electron chi connectivity index (χ3n) is 4.03.